The van der Waals surface area contributed by atoms with Gasteiger partial charge < -0.3 is 5.73 Å². The van der Waals surface area contributed by atoms with Crippen LogP contribution in [0.2, 0.25) is 0 Å². The molecule has 2 N–H and O–H groups in total. The Kier molecular flexibility index (Phi) is 3.36. The minimum Gasteiger partial charge on any atom is -0.365 e. The molecule has 0 unspecified atom stereocenters. The lowest BCUT2D eigenvalue weighted by molar-refractivity contribution is -0.114. The molecule has 0 aromatic heterocycles. The van der Waals surface area contributed by atoms with Crippen LogP contribution in [-0.4, -0.2) is 5.91 Å². The second kappa shape index (κ2) is 5.34. The van der Waals surface area contributed by atoms with Gasteiger partial charge in [0.05, 0.1) is 0 Å². The van der Waals surface area contributed by atoms with E-state index in [4.69, 9.17) is 11.0 Å². The average molecular weight is 286 g/mol. The Balaban J connectivity index is 2.53. The summed E-state index contributed by atoms with van der Waals surface area (Å²) >= 11 is 0. The van der Waals surface area contributed by atoms with Crippen molar-refractivity contribution < 1.29 is 4.79 Å². The van der Waals surface area contributed by atoms with Gasteiger partial charge >= 0.3 is 0 Å². The molecule has 0 aliphatic heterocycles. The molecular formula is C19H14N2O. The molecule has 1 amide bonds. The first kappa shape index (κ1) is 13.8. The van der Waals surface area contributed by atoms with Gasteiger partial charge in [0.1, 0.15) is 11.6 Å². The molecule has 3 rings (SSSR count). The number of primary amides is 1. The third-order valence-electron chi connectivity index (χ3n) is 3.92. The molecule has 0 saturated carbocycles. The van der Waals surface area contributed by atoms with Crippen LogP contribution in [0.3, 0.4) is 0 Å². The van der Waals surface area contributed by atoms with Gasteiger partial charge in [-0.3, -0.25) is 4.79 Å². The molecular weight excluding hydrogens is 272 g/mol. The number of carbonyl (C=O) groups is 1. The molecule has 3 nitrogen and oxygen atoms in total. The highest BCUT2D eigenvalue weighted by atomic mass is 16.1. The van der Waals surface area contributed by atoms with Crippen molar-refractivity contribution in [2.75, 3.05) is 0 Å². The minimum absolute atomic E-state index is 0.0424. The SMILES string of the molecule is Cc1c2ccccc2c(/C=C(\C#N)C(N)=O)c2ccccc12. The summed E-state index contributed by atoms with van der Waals surface area (Å²) in [4.78, 5) is 11.4. The third-order valence-corrected chi connectivity index (χ3v) is 3.92. The Bertz CT molecular complexity index is 921. The van der Waals surface area contributed by atoms with E-state index >= 15 is 0 Å². The lowest BCUT2D eigenvalue weighted by atomic mass is 9.91. The van der Waals surface area contributed by atoms with E-state index in [-0.39, 0.29) is 5.57 Å². The van der Waals surface area contributed by atoms with Gasteiger partial charge in [-0.05, 0) is 45.7 Å². The highest BCUT2D eigenvalue weighted by molar-refractivity contribution is 6.12. The van der Waals surface area contributed by atoms with Crippen molar-refractivity contribution in [2.24, 2.45) is 5.73 Å². The van der Waals surface area contributed by atoms with Gasteiger partial charge in [0.25, 0.3) is 5.91 Å². The summed E-state index contributed by atoms with van der Waals surface area (Å²) in [6, 6.07) is 17.8. The second-order valence-corrected chi connectivity index (χ2v) is 5.16. The van der Waals surface area contributed by atoms with E-state index in [1.807, 2.05) is 54.6 Å². The summed E-state index contributed by atoms with van der Waals surface area (Å²) in [6.07, 6.45) is 1.59. The topological polar surface area (TPSA) is 66.9 Å². The van der Waals surface area contributed by atoms with Crippen molar-refractivity contribution in [3.8, 4) is 6.07 Å². The number of nitrogens with two attached hydrogens (primary N) is 1. The van der Waals surface area contributed by atoms with E-state index in [1.54, 1.807) is 6.08 Å². The first-order valence-corrected chi connectivity index (χ1v) is 6.95. The molecule has 3 heteroatoms. The van der Waals surface area contributed by atoms with E-state index < -0.39 is 5.91 Å². The minimum atomic E-state index is -0.712. The lowest BCUT2D eigenvalue weighted by Crippen LogP contribution is -2.12. The van der Waals surface area contributed by atoms with E-state index in [2.05, 4.69) is 6.92 Å². The Morgan fingerprint density at radius 3 is 1.86 bits per heavy atom. The van der Waals surface area contributed by atoms with Crippen molar-refractivity contribution in [2.45, 2.75) is 6.92 Å². The summed E-state index contributed by atoms with van der Waals surface area (Å²) in [7, 11) is 0. The maximum atomic E-state index is 11.4. The van der Waals surface area contributed by atoms with Crippen LogP contribution >= 0.6 is 0 Å². The third kappa shape index (κ3) is 2.11. The standard InChI is InChI=1S/C19H14N2O/c1-12-14-6-2-4-8-16(14)18(10-13(11-20)19(21)22)17-9-5-3-7-15(12)17/h2-10H,1H3,(H2,21,22)/b13-10+. The average Bonchev–Trinajstić information content (AvgIpc) is 2.55. The fourth-order valence-electron chi connectivity index (χ4n) is 2.84. The number of carbonyl (C=O) groups excluding carboxylic acids is 1. The number of nitrogens with zero attached hydrogens (tertiary/aromatic N) is 1. The number of benzene rings is 3. The molecule has 0 atom stereocenters. The van der Waals surface area contributed by atoms with Crippen LogP contribution in [0.1, 0.15) is 11.1 Å². The Morgan fingerprint density at radius 2 is 1.45 bits per heavy atom. The lowest BCUT2D eigenvalue weighted by Gasteiger charge is -2.12. The number of amides is 1. The first-order valence-electron chi connectivity index (χ1n) is 6.95. The predicted octanol–water partition coefficient (Wildman–Crippen LogP) is 3.69. The molecule has 0 radical (unpaired) electrons. The summed E-state index contributed by atoms with van der Waals surface area (Å²) in [5, 5.41) is 13.4. The number of hydrogen-bond acceptors (Lipinski definition) is 2. The van der Waals surface area contributed by atoms with Gasteiger partial charge in [-0.1, -0.05) is 48.5 Å². The summed E-state index contributed by atoms with van der Waals surface area (Å²) in [6.45, 7) is 2.08. The zero-order chi connectivity index (χ0) is 15.7. The normalized spacial score (nSPS) is 11.5. The Labute approximate surface area is 128 Å². The van der Waals surface area contributed by atoms with Crippen molar-refractivity contribution in [3.05, 3.63) is 65.2 Å². The van der Waals surface area contributed by atoms with E-state index in [9.17, 15) is 4.79 Å². The number of rotatable bonds is 2. The summed E-state index contributed by atoms with van der Waals surface area (Å²) in [5.74, 6) is -0.712. The van der Waals surface area contributed by atoms with Crippen LogP contribution in [0, 0.1) is 18.3 Å². The maximum Gasteiger partial charge on any atom is 0.259 e. The van der Waals surface area contributed by atoms with Gasteiger partial charge in [-0.25, -0.2) is 0 Å². The van der Waals surface area contributed by atoms with E-state index in [0.717, 1.165) is 27.1 Å². The number of nitriles is 1. The smallest absolute Gasteiger partial charge is 0.259 e. The highest BCUT2D eigenvalue weighted by Crippen LogP contribution is 2.33. The Morgan fingerprint density at radius 1 is 1.00 bits per heavy atom. The monoisotopic (exact) mass is 286 g/mol. The number of hydrogen-bond donors (Lipinski definition) is 1. The number of aryl methyl sites for hydroxylation is 1. The van der Waals surface area contributed by atoms with Crippen LogP contribution in [0.4, 0.5) is 0 Å². The molecule has 0 bridgehead atoms. The van der Waals surface area contributed by atoms with Gasteiger partial charge in [0.15, 0.2) is 0 Å². The summed E-state index contributed by atoms with van der Waals surface area (Å²) < 4.78 is 0. The molecule has 0 spiro atoms. The van der Waals surface area contributed by atoms with Crippen LogP contribution in [-0.2, 0) is 4.79 Å². The molecule has 22 heavy (non-hydrogen) atoms. The molecule has 0 heterocycles. The fourth-order valence-corrected chi connectivity index (χ4v) is 2.84. The largest absolute Gasteiger partial charge is 0.365 e. The van der Waals surface area contributed by atoms with E-state index in [1.165, 1.54) is 5.56 Å². The maximum absolute atomic E-state index is 11.4. The second-order valence-electron chi connectivity index (χ2n) is 5.16. The quantitative estimate of drug-likeness (QED) is 0.443. The zero-order valence-corrected chi connectivity index (χ0v) is 12.1. The predicted molar refractivity (Wildman–Crippen MR) is 89.0 cm³/mol. The van der Waals surface area contributed by atoms with Crippen LogP contribution in [0.15, 0.2) is 54.1 Å². The summed E-state index contributed by atoms with van der Waals surface area (Å²) in [5.41, 5.74) is 7.28. The molecule has 0 saturated heterocycles. The molecule has 106 valence electrons. The van der Waals surface area contributed by atoms with Crippen molar-refractivity contribution in [1.29, 1.82) is 5.26 Å². The van der Waals surface area contributed by atoms with Crippen molar-refractivity contribution >= 4 is 33.5 Å². The molecule has 0 fully saturated rings. The van der Waals surface area contributed by atoms with Crippen LogP contribution < -0.4 is 5.73 Å². The highest BCUT2D eigenvalue weighted by Gasteiger charge is 2.11. The molecule has 3 aromatic rings. The van der Waals surface area contributed by atoms with Crippen molar-refractivity contribution in [3.63, 3.8) is 0 Å². The van der Waals surface area contributed by atoms with E-state index in [0.29, 0.717) is 0 Å². The first-order chi connectivity index (χ1) is 10.6. The molecule has 3 aromatic carbocycles. The number of fused-ring (bicyclic) bond motifs is 2. The van der Waals surface area contributed by atoms with Crippen LogP contribution in [0.5, 0.6) is 0 Å². The van der Waals surface area contributed by atoms with Gasteiger partial charge in [0, 0.05) is 0 Å². The molecule has 0 aliphatic rings. The van der Waals surface area contributed by atoms with Gasteiger partial charge in [0.2, 0.25) is 0 Å². The van der Waals surface area contributed by atoms with Crippen LogP contribution in [0.25, 0.3) is 27.6 Å². The molecule has 0 aliphatic carbocycles. The van der Waals surface area contributed by atoms with Gasteiger partial charge in [-0.2, -0.15) is 5.26 Å². The van der Waals surface area contributed by atoms with Crippen molar-refractivity contribution in [1.82, 2.24) is 0 Å². The zero-order valence-electron chi connectivity index (χ0n) is 12.1. The van der Waals surface area contributed by atoms with Gasteiger partial charge in [-0.15, -0.1) is 0 Å². The fraction of sp³-hybridized carbons (Fsp3) is 0.0526. The Hall–Kier alpha value is -3.12.